The van der Waals surface area contributed by atoms with Gasteiger partial charge in [-0.15, -0.1) is 0 Å². The van der Waals surface area contributed by atoms with E-state index in [-0.39, 0.29) is 5.91 Å². The number of carbonyl (C=O) groups is 1. The molecule has 1 aromatic rings. The lowest BCUT2D eigenvalue weighted by molar-refractivity contribution is 0.0718. The summed E-state index contributed by atoms with van der Waals surface area (Å²) in [5.74, 6) is 0.653. The van der Waals surface area contributed by atoms with Gasteiger partial charge in [0.15, 0.2) is 0 Å². The van der Waals surface area contributed by atoms with Gasteiger partial charge in [-0.3, -0.25) is 4.79 Å². The van der Waals surface area contributed by atoms with Crippen molar-refractivity contribution >= 4 is 11.9 Å². The fourth-order valence-electron chi connectivity index (χ4n) is 3.41. The lowest BCUT2D eigenvalue weighted by atomic mass is 10.1. The van der Waals surface area contributed by atoms with E-state index in [9.17, 15) is 4.79 Å². The summed E-state index contributed by atoms with van der Waals surface area (Å²) in [7, 11) is 0. The smallest absolute Gasteiger partial charge is 0.272 e. The van der Waals surface area contributed by atoms with Crippen LogP contribution in [-0.2, 0) is 0 Å². The molecule has 1 aliphatic heterocycles. The SMILES string of the molecule is O=C(c1ccnc(NC2CCCCCC2)n1)N1CCCCC1. The largest absolute Gasteiger partial charge is 0.351 e. The van der Waals surface area contributed by atoms with Crippen LogP contribution in [0.15, 0.2) is 12.3 Å². The van der Waals surface area contributed by atoms with Crippen LogP contribution in [-0.4, -0.2) is 39.9 Å². The third kappa shape index (κ3) is 3.96. The van der Waals surface area contributed by atoms with Gasteiger partial charge in [0.05, 0.1) is 0 Å². The minimum Gasteiger partial charge on any atom is -0.351 e. The zero-order valence-corrected chi connectivity index (χ0v) is 13.3. The number of piperidine rings is 1. The van der Waals surface area contributed by atoms with Crippen molar-refractivity contribution < 1.29 is 4.79 Å². The summed E-state index contributed by atoms with van der Waals surface area (Å²) in [5.41, 5.74) is 0.521. The first kappa shape index (κ1) is 15.3. The predicted octanol–water partition coefficient (Wildman–Crippen LogP) is 3.24. The predicted molar refractivity (Wildman–Crippen MR) is 86.9 cm³/mol. The summed E-state index contributed by atoms with van der Waals surface area (Å²) in [5, 5.41) is 3.43. The van der Waals surface area contributed by atoms with E-state index in [0.29, 0.717) is 17.7 Å². The number of hydrogen-bond acceptors (Lipinski definition) is 4. The number of amides is 1. The molecule has 5 nitrogen and oxygen atoms in total. The maximum Gasteiger partial charge on any atom is 0.272 e. The number of nitrogens with one attached hydrogen (secondary N) is 1. The number of hydrogen-bond donors (Lipinski definition) is 1. The van der Waals surface area contributed by atoms with Crippen LogP contribution in [0, 0.1) is 0 Å². The number of anilines is 1. The molecule has 5 heteroatoms. The third-order valence-electron chi connectivity index (χ3n) is 4.71. The Morgan fingerprint density at radius 1 is 1.05 bits per heavy atom. The monoisotopic (exact) mass is 302 g/mol. The number of likely N-dealkylation sites (tertiary alicyclic amines) is 1. The molecular formula is C17H26N4O. The molecule has 0 aromatic carbocycles. The summed E-state index contributed by atoms with van der Waals surface area (Å²) in [6, 6.07) is 2.18. The lowest BCUT2D eigenvalue weighted by Crippen LogP contribution is -2.36. The highest BCUT2D eigenvalue weighted by Gasteiger charge is 2.20. The highest BCUT2D eigenvalue weighted by molar-refractivity contribution is 5.92. The molecule has 0 spiro atoms. The molecule has 0 unspecified atom stereocenters. The van der Waals surface area contributed by atoms with Crippen molar-refractivity contribution in [3.8, 4) is 0 Å². The Kier molecular flexibility index (Phi) is 5.24. The highest BCUT2D eigenvalue weighted by Crippen LogP contribution is 2.20. The molecule has 2 aliphatic rings. The molecule has 2 heterocycles. The van der Waals surface area contributed by atoms with E-state index in [4.69, 9.17) is 0 Å². The molecule has 2 fully saturated rings. The second-order valence-electron chi connectivity index (χ2n) is 6.45. The maximum absolute atomic E-state index is 12.5. The molecule has 1 saturated carbocycles. The normalized spacial score (nSPS) is 20.5. The molecule has 120 valence electrons. The van der Waals surface area contributed by atoms with E-state index in [2.05, 4.69) is 15.3 Å². The number of aromatic nitrogens is 2. The Morgan fingerprint density at radius 3 is 2.45 bits per heavy atom. The zero-order chi connectivity index (χ0) is 15.2. The molecule has 1 N–H and O–H groups in total. The van der Waals surface area contributed by atoms with E-state index in [0.717, 1.165) is 25.9 Å². The summed E-state index contributed by atoms with van der Waals surface area (Å²) in [6.07, 6.45) is 12.7. The lowest BCUT2D eigenvalue weighted by Gasteiger charge is -2.26. The van der Waals surface area contributed by atoms with Gasteiger partial charge in [0.2, 0.25) is 5.95 Å². The van der Waals surface area contributed by atoms with Gasteiger partial charge in [-0.25, -0.2) is 9.97 Å². The molecule has 3 rings (SSSR count). The van der Waals surface area contributed by atoms with Crippen LogP contribution >= 0.6 is 0 Å². The van der Waals surface area contributed by atoms with Crippen molar-refractivity contribution in [3.63, 3.8) is 0 Å². The van der Waals surface area contributed by atoms with Gasteiger partial charge in [0, 0.05) is 25.3 Å². The van der Waals surface area contributed by atoms with Crippen molar-refractivity contribution in [2.75, 3.05) is 18.4 Å². The van der Waals surface area contributed by atoms with Gasteiger partial charge in [-0.05, 0) is 38.2 Å². The maximum atomic E-state index is 12.5. The minimum atomic E-state index is 0.0472. The van der Waals surface area contributed by atoms with E-state index < -0.39 is 0 Å². The van der Waals surface area contributed by atoms with Gasteiger partial charge in [0.1, 0.15) is 5.69 Å². The topological polar surface area (TPSA) is 58.1 Å². The van der Waals surface area contributed by atoms with Crippen molar-refractivity contribution in [3.05, 3.63) is 18.0 Å². The molecular weight excluding hydrogens is 276 g/mol. The van der Waals surface area contributed by atoms with E-state index >= 15 is 0 Å². The Labute approximate surface area is 132 Å². The van der Waals surface area contributed by atoms with Crippen molar-refractivity contribution in [1.29, 1.82) is 0 Å². The number of rotatable bonds is 3. The summed E-state index contributed by atoms with van der Waals surface area (Å²) >= 11 is 0. The highest BCUT2D eigenvalue weighted by atomic mass is 16.2. The van der Waals surface area contributed by atoms with Gasteiger partial charge >= 0.3 is 0 Å². The van der Waals surface area contributed by atoms with Crippen LogP contribution in [0.25, 0.3) is 0 Å². The molecule has 1 aromatic heterocycles. The van der Waals surface area contributed by atoms with Crippen molar-refractivity contribution in [2.24, 2.45) is 0 Å². The molecule has 1 saturated heterocycles. The van der Waals surface area contributed by atoms with Gasteiger partial charge in [0.25, 0.3) is 5.91 Å². The van der Waals surface area contributed by atoms with Crippen molar-refractivity contribution in [1.82, 2.24) is 14.9 Å². The molecule has 0 radical (unpaired) electrons. The molecule has 22 heavy (non-hydrogen) atoms. The first-order chi connectivity index (χ1) is 10.8. The van der Waals surface area contributed by atoms with Gasteiger partial charge in [-0.1, -0.05) is 25.7 Å². The van der Waals surface area contributed by atoms with Gasteiger partial charge < -0.3 is 10.2 Å². The van der Waals surface area contributed by atoms with E-state index in [1.54, 1.807) is 12.3 Å². The van der Waals surface area contributed by atoms with Crippen LogP contribution in [0.4, 0.5) is 5.95 Å². The fourth-order valence-corrected chi connectivity index (χ4v) is 3.41. The number of carbonyl (C=O) groups excluding carboxylic acids is 1. The Balaban J connectivity index is 1.64. The third-order valence-corrected chi connectivity index (χ3v) is 4.71. The summed E-state index contributed by atoms with van der Waals surface area (Å²) < 4.78 is 0. The quantitative estimate of drug-likeness (QED) is 0.871. The second-order valence-corrected chi connectivity index (χ2v) is 6.45. The number of nitrogens with zero attached hydrogens (tertiary/aromatic N) is 3. The van der Waals surface area contributed by atoms with Gasteiger partial charge in [-0.2, -0.15) is 0 Å². The van der Waals surface area contributed by atoms with Crippen LogP contribution < -0.4 is 5.32 Å². The van der Waals surface area contributed by atoms with E-state index in [1.165, 1.54) is 44.9 Å². The minimum absolute atomic E-state index is 0.0472. The average Bonchev–Trinajstić information content (AvgIpc) is 2.84. The average molecular weight is 302 g/mol. The fraction of sp³-hybridized carbons (Fsp3) is 0.706. The Hall–Kier alpha value is -1.65. The first-order valence-electron chi connectivity index (χ1n) is 8.72. The summed E-state index contributed by atoms with van der Waals surface area (Å²) in [4.78, 5) is 23.2. The first-order valence-corrected chi connectivity index (χ1v) is 8.72. The Bertz CT molecular complexity index is 491. The van der Waals surface area contributed by atoms with E-state index in [1.807, 2.05) is 4.90 Å². The summed E-state index contributed by atoms with van der Waals surface area (Å²) in [6.45, 7) is 1.71. The van der Waals surface area contributed by atoms with Crippen LogP contribution in [0.1, 0.15) is 68.3 Å². The molecule has 1 amide bonds. The molecule has 1 aliphatic carbocycles. The Morgan fingerprint density at radius 2 is 1.73 bits per heavy atom. The standard InChI is InChI=1S/C17H26N4O/c22-16(21-12-6-3-7-13-21)15-10-11-18-17(20-15)19-14-8-4-1-2-5-9-14/h10-11,14H,1-9,12-13H2,(H,18,19,20). The molecule has 0 atom stereocenters. The van der Waals surface area contributed by atoms with Crippen molar-refractivity contribution in [2.45, 2.75) is 63.8 Å². The van der Waals surface area contributed by atoms with Crippen LogP contribution in [0.2, 0.25) is 0 Å². The second kappa shape index (κ2) is 7.56. The molecule has 0 bridgehead atoms. The zero-order valence-electron chi connectivity index (χ0n) is 13.3. The van der Waals surface area contributed by atoms with Crippen LogP contribution in [0.5, 0.6) is 0 Å². The van der Waals surface area contributed by atoms with Crippen LogP contribution in [0.3, 0.4) is 0 Å².